The first-order valence-electron chi connectivity index (χ1n) is 4.10. The largest absolute Gasteiger partial charge is 0.398 e. The number of fused-ring (bicyclic) bond motifs is 1. The minimum absolute atomic E-state index is 0.0594. The van der Waals surface area contributed by atoms with Crippen molar-refractivity contribution in [3.63, 3.8) is 0 Å². The minimum Gasteiger partial charge on any atom is -0.398 e. The lowest BCUT2D eigenvalue weighted by molar-refractivity contribution is 0.281. The Morgan fingerprint density at radius 3 is 3.00 bits per heavy atom. The summed E-state index contributed by atoms with van der Waals surface area (Å²) < 4.78 is 1.18. The van der Waals surface area contributed by atoms with Crippen LogP contribution in [0.5, 0.6) is 0 Å². The highest BCUT2D eigenvalue weighted by atomic mass is 32.1. The molecule has 0 aliphatic carbocycles. The van der Waals surface area contributed by atoms with Gasteiger partial charge in [-0.05, 0) is 35.6 Å². The predicted octanol–water partition coefficient (Wildman–Crippen LogP) is 2.28. The van der Waals surface area contributed by atoms with Gasteiger partial charge in [-0.25, -0.2) is 0 Å². The maximum Gasteiger partial charge on any atom is 0.0685 e. The molecule has 0 fully saturated rings. The Morgan fingerprint density at radius 2 is 2.31 bits per heavy atom. The molecule has 2 nitrogen and oxygen atoms in total. The third kappa shape index (κ3) is 1.20. The molecule has 0 unspecified atom stereocenters. The second-order valence-corrected chi connectivity index (χ2v) is 3.99. The van der Waals surface area contributed by atoms with E-state index in [4.69, 9.17) is 10.8 Å². The van der Waals surface area contributed by atoms with E-state index < -0.39 is 0 Å². The molecule has 0 saturated carbocycles. The van der Waals surface area contributed by atoms with Gasteiger partial charge in [-0.3, -0.25) is 0 Å². The first-order valence-corrected chi connectivity index (χ1v) is 4.98. The summed E-state index contributed by atoms with van der Waals surface area (Å²) in [4.78, 5) is 0. The van der Waals surface area contributed by atoms with E-state index >= 15 is 0 Å². The van der Waals surface area contributed by atoms with Crippen molar-refractivity contribution in [1.29, 1.82) is 0 Å². The lowest BCUT2D eigenvalue weighted by atomic mass is 10.1. The van der Waals surface area contributed by atoms with Crippen molar-refractivity contribution < 1.29 is 5.11 Å². The van der Waals surface area contributed by atoms with Crippen LogP contribution < -0.4 is 5.73 Å². The molecule has 3 N–H and O–H groups in total. The maximum atomic E-state index is 9.09. The number of benzene rings is 1. The molecular formula is C10H11NOS. The Kier molecular flexibility index (Phi) is 1.98. The Balaban J connectivity index is 2.85. The summed E-state index contributed by atoms with van der Waals surface area (Å²) in [7, 11) is 0. The van der Waals surface area contributed by atoms with Crippen LogP contribution in [0, 0.1) is 6.92 Å². The van der Waals surface area contributed by atoms with Gasteiger partial charge in [0.25, 0.3) is 0 Å². The topological polar surface area (TPSA) is 46.2 Å². The number of nitrogens with two attached hydrogens (primary N) is 1. The molecule has 1 aromatic carbocycles. The molecule has 1 aromatic heterocycles. The van der Waals surface area contributed by atoms with Gasteiger partial charge in [0.1, 0.15) is 0 Å². The second kappa shape index (κ2) is 3.01. The molecule has 2 rings (SSSR count). The molecule has 3 heteroatoms. The van der Waals surface area contributed by atoms with Crippen molar-refractivity contribution in [2.75, 3.05) is 5.73 Å². The first-order chi connectivity index (χ1) is 6.24. The molecule has 0 aliphatic heterocycles. The van der Waals surface area contributed by atoms with Gasteiger partial charge in [0.05, 0.1) is 6.61 Å². The highest BCUT2D eigenvalue weighted by Gasteiger charge is 2.07. The molecule has 68 valence electrons. The van der Waals surface area contributed by atoms with Crippen LogP contribution in [0.4, 0.5) is 5.69 Å². The van der Waals surface area contributed by atoms with Gasteiger partial charge < -0.3 is 10.8 Å². The van der Waals surface area contributed by atoms with Crippen molar-refractivity contribution in [3.8, 4) is 0 Å². The van der Waals surface area contributed by atoms with Gasteiger partial charge in [0.2, 0.25) is 0 Å². The molecule has 0 atom stereocenters. The van der Waals surface area contributed by atoms with E-state index in [1.54, 1.807) is 11.3 Å². The van der Waals surface area contributed by atoms with Gasteiger partial charge in [0.15, 0.2) is 0 Å². The van der Waals surface area contributed by atoms with Crippen LogP contribution in [0.1, 0.15) is 11.1 Å². The van der Waals surface area contributed by atoms with Gasteiger partial charge in [-0.2, -0.15) is 0 Å². The smallest absolute Gasteiger partial charge is 0.0685 e. The quantitative estimate of drug-likeness (QED) is 0.682. The zero-order valence-electron chi connectivity index (χ0n) is 7.37. The van der Waals surface area contributed by atoms with Gasteiger partial charge in [-0.15, -0.1) is 11.3 Å². The summed E-state index contributed by atoms with van der Waals surface area (Å²) >= 11 is 1.67. The number of hydrogen-bond acceptors (Lipinski definition) is 3. The molecule has 0 amide bonds. The van der Waals surface area contributed by atoms with Crippen LogP contribution >= 0.6 is 11.3 Å². The lowest BCUT2D eigenvalue weighted by Gasteiger charge is -2.05. The van der Waals surface area contributed by atoms with Crippen molar-refractivity contribution in [1.82, 2.24) is 0 Å². The Hall–Kier alpha value is -1.06. The first kappa shape index (κ1) is 8.53. The number of anilines is 1. The second-order valence-electron chi connectivity index (χ2n) is 3.07. The Morgan fingerprint density at radius 1 is 1.54 bits per heavy atom. The van der Waals surface area contributed by atoms with Crippen LogP contribution in [0.3, 0.4) is 0 Å². The molecule has 0 aliphatic rings. The third-order valence-corrected chi connectivity index (χ3v) is 3.33. The standard InChI is InChI=1S/C10H11NOS/c1-6-7(5-12)4-9(11)8-2-3-13-10(6)8/h2-4,12H,5,11H2,1H3. The van der Waals surface area contributed by atoms with Crippen LogP contribution in [-0.2, 0) is 6.61 Å². The number of thiophene rings is 1. The molecule has 0 radical (unpaired) electrons. The lowest BCUT2D eigenvalue weighted by Crippen LogP contribution is -1.93. The van der Waals surface area contributed by atoms with E-state index in [0.29, 0.717) is 0 Å². The number of aliphatic hydroxyl groups is 1. The van der Waals surface area contributed by atoms with Crippen LogP contribution in [0.2, 0.25) is 0 Å². The van der Waals surface area contributed by atoms with Crippen molar-refractivity contribution in [2.24, 2.45) is 0 Å². The minimum atomic E-state index is 0.0594. The van der Waals surface area contributed by atoms with E-state index in [1.165, 1.54) is 4.70 Å². The summed E-state index contributed by atoms with van der Waals surface area (Å²) in [5.41, 5.74) is 8.66. The predicted molar refractivity (Wildman–Crippen MR) is 56.9 cm³/mol. The fourth-order valence-corrected chi connectivity index (χ4v) is 2.47. The van der Waals surface area contributed by atoms with E-state index in [0.717, 1.165) is 22.2 Å². The summed E-state index contributed by atoms with van der Waals surface area (Å²) in [6.07, 6.45) is 0. The molecule has 0 bridgehead atoms. The highest BCUT2D eigenvalue weighted by Crippen LogP contribution is 2.31. The number of nitrogen functional groups attached to an aromatic ring is 1. The van der Waals surface area contributed by atoms with Crippen molar-refractivity contribution in [3.05, 3.63) is 28.6 Å². The number of aryl methyl sites for hydroxylation is 1. The van der Waals surface area contributed by atoms with Gasteiger partial charge in [-0.1, -0.05) is 0 Å². The van der Waals surface area contributed by atoms with Crippen LogP contribution in [0.25, 0.3) is 10.1 Å². The molecule has 13 heavy (non-hydrogen) atoms. The van der Waals surface area contributed by atoms with E-state index in [1.807, 2.05) is 24.4 Å². The number of hydrogen-bond donors (Lipinski definition) is 2. The van der Waals surface area contributed by atoms with Gasteiger partial charge in [0, 0.05) is 15.8 Å². The van der Waals surface area contributed by atoms with Crippen LogP contribution in [-0.4, -0.2) is 5.11 Å². The number of rotatable bonds is 1. The normalized spacial score (nSPS) is 10.9. The Bertz CT molecular complexity index is 447. The summed E-state index contributed by atoms with van der Waals surface area (Å²) in [5, 5.41) is 12.2. The molecule has 2 aromatic rings. The van der Waals surface area contributed by atoms with E-state index in [2.05, 4.69) is 0 Å². The average molecular weight is 193 g/mol. The number of aliphatic hydroxyl groups excluding tert-OH is 1. The monoisotopic (exact) mass is 193 g/mol. The summed E-state index contributed by atoms with van der Waals surface area (Å²) in [5.74, 6) is 0. The molecular weight excluding hydrogens is 182 g/mol. The zero-order valence-corrected chi connectivity index (χ0v) is 8.19. The van der Waals surface area contributed by atoms with Crippen LogP contribution in [0.15, 0.2) is 17.5 Å². The van der Waals surface area contributed by atoms with E-state index in [-0.39, 0.29) is 6.61 Å². The zero-order chi connectivity index (χ0) is 9.42. The summed E-state index contributed by atoms with van der Waals surface area (Å²) in [6.45, 7) is 2.08. The average Bonchev–Trinajstić information content (AvgIpc) is 2.60. The Labute approximate surface area is 80.6 Å². The summed E-state index contributed by atoms with van der Waals surface area (Å²) in [6, 6.07) is 3.87. The fraction of sp³-hybridized carbons (Fsp3) is 0.200. The maximum absolute atomic E-state index is 9.09. The molecule has 0 saturated heterocycles. The SMILES string of the molecule is Cc1c(CO)cc(N)c2ccsc12. The van der Waals surface area contributed by atoms with E-state index in [9.17, 15) is 0 Å². The third-order valence-electron chi connectivity index (χ3n) is 2.30. The molecule has 0 spiro atoms. The molecule has 1 heterocycles. The fourth-order valence-electron chi connectivity index (χ4n) is 1.51. The van der Waals surface area contributed by atoms with Crippen molar-refractivity contribution in [2.45, 2.75) is 13.5 Å². The van der Waals surface area contributed by atoms with Gasteiger partial charge >= 0.3 is 0 Å². The van der Waals surface area contributed by atoms with Crippen molar-refractivity contribution >= 4 is 27.1 Å². The highest BCUT2D eigenvalue weighted by molar-refractivity contribution is 7.17.